The molecule has 0 saturated carbocycles. The smallest absolute Gasteiger partial charge is 0.338 e. The number of nitrogens with zero attached hydrogens (tertiary/aromatic N) is 3. The van der Waals surface area contributed by atoms with Gasteiger partial charge in [0.25, 0.3) is 15.9 Å². The van der Waals surface area contributed by atoms with Crippen molar-refractivity contribution in [2.45, 2.75) is 31.2 Å². The molecule has 168 valence electrons. The fourth-order valence-corrected chi connectivity index (χ4v) is 5.24. The molecule has 1 aromatic carbocycles. The molecule has 0 fully saturated rings. The molecule has 0 radical (unpaired) electrons. The predicted octanol–water partition coefficient (Wildman–Crippen LogP) is 0.828. The molecule has 12 heteroatoms. The Morgan fingerprint density at radius 3 is 2.68 bits per heavy atom. The van der Waals surface area contributed by atoms with E-state index in [1.54, 1.807) is 23.1 Å². The number of carbonyl (C=O) groups excluding carboxylic acids is 3. The van der Waals surface area contributed by atoms with Crippen LogP contribution in [0.25, 0.3) is 0 Å². The summed E-state index contributed by atoms with van der Waals surface area (Å²) in [5, 5.41) is 3.11. The van der Waals surface area contributed by atoms with E-state index in [2.05, 4.69) is 9.71 Å². The number of sulfonamides is 1. The number of esters is 1. The van der Waals surface area contributed by atoms with Crippen LogP contribution in [0.1, 0.15) is 31.1 Å². The molecule has 31 heavy (non-hydrogen) atoms. The summed E-state index contributed by atoms with van der Waals surface area (Å²) in [4.78, 5) is 40.1. The second-order valence-electron chi connectivity index (χ2n) is 8.22. The Bertz CT molecular complexity index is 1060. The minimum absolute atomic E-state index is 0.0658. The summed E-state index contributed by atoms with van der Waals surface area (Å²) in [5.74, 6) is -1.58. The number of likely N-dealkylation sites (N-methyl/N-ethyl adjacent to an activating group) is 1. The van der Waals surface area contributed by atoms with E-state index >= 15 is 0 Å². The van der Waals surface area contributed by atoms with E-state index in [-0.39, 0.29) is 23.8 Å². The first-order valence-electron chi connectivity index (χ1n) is 9.49. The Morgan fingerprint density at radius 2 is 2.00 bits per heavy atom. The number of ether oxygens (including phenoxy) is 1. The highest BCUT2D eigenvalue weighted by molar-refractivity contribution is 8.15. The number of hydrogen-bond donors (Lipinski definition) is 1. The lowest BCUT2D eigenvalue weighted by molar-refractivity contribution is -0.137. The highest BCUT2D eigenvalue weighted by Gasteiger charge is 2.33. The minimum atomic E-state index is -3.46. The third-order valence-corrected chi connectivity index (χ3v) is 6.66. The molecule has 0 spiro atoms. The lowest BCUT2D eigenvalue weighted by Crippen LogP contribution is -2.46. The van der Waals surface area contributed by atoms with Crippen molar-refractivity contribution in [2.24, 2.45) is 4.40 Å². The molecule has 0 aliphatic carbocycles. The Hall–Kier alpha value is -2.60. The maximum Gasteiger partial charge on any atom is 0.338 e. The number of nitrogens with one attached hydrogen (secondary N) is 1. The van der Waals surface area contributed by atoms with Gasteiger partial charge in [0, 0.05) is 24.0 Å². The molecule has 2 amide bonds. The second-order valence-corrected chi connectivity index (χ2v) is 11.0. The van der Waals surface area contributed by atoms with Crippen molar-refractivity contribution in [1.29, 1.82) is 0 Å². The summed E-state index contributed by atoms with van der Waals surface area (Å²) in [6, 6.07) is 4.84. The number of rotatable bonds is 5. The maximum atomic E-state index is 12.4. The van der Waals surface area contributed by atoms with Crippen molar-refractivity contribution < 1.29 is 27.5 Å². The van der Waals surface area contributed by atoms with Crippen LogP contribution in [0.2, 0.25) is 0 Å². The van der Waals surface area contributed by atoms with Gasteiger partial charge in [0.05, 0.1) is 23.5 Å². The van der Waals surface area contributed by atoms with Crippen LogP contribution in [0.15, 0.2) is 27.5 Å². The molecule has 1 N–H and O–H groups in total. The summed E-state index contributed by atoms with van der Waals surface area (Å²) in [6.45, 7) is 5.15. The standard InChI is InChI=1S/C19H24N4O6S2/c1-19(2,3)20-15(24)10-22(4)16(25)11-29-17(26)12-5-6-13-14(9-12)30-18-21-31(27,28)8-7-23(13)18/h5-6,9H,7-8,10-11H2,1-4H3,(H,20,24). The normalized spacial score (nSPS) is 16.6. The van der Waals surface area contributed by atoms with Crippen molar-refractivity contribution >= 4 is 50.4 Å². The van der Waals surface area contributed by atoms with Crippen molar-refractivity contribution in [3.05, 3.63) is 23.8 Å². The average molecular weight is 469 g/mol. The van der Waals surface area contributed by atoms with Crippen molar-refractivity contribution in [3.63, 3.8) is 0 Å². The maximum absolute atomic E-state index is 12.4. The SMILES string of the molecule is CN(CC(=O)NC(C)(C)C)C(=O)COC(=O)c1ccc2c(c1)SC1=NS(=O)(=O)CCN12. The molecule has 0 saturated heterocycles. The highest BCUT2D eigenvalue weighted by Crippen LogP contribution is 2.42. The molecular weight excluding hydrogens is 444 g/mol. The zero-order valence-corrected chi connectivity index (χ0v) is 19.3. The van der Waals surface area contributed by atoms with Gasteiger partial charge in [-0.1, -0.05) is 0 Å². The van der Waals surface area contributed by atoms with Gasteiger partial charge >= 0.3 is 5.97 Å². The van der Waals surface area contributed by atoms with Crippen LogP contribution in [0.5, 0.6) is 0 Å². The number of thioether (sulfide) groups is 1. The molecule has 2 heterocycles. The Labute approximate surface area is 185 Å². The van der Waals surface area contributed by atoms with Crippen LogP contribution < -0.4 is 10.2 Å². The quantitative estimate of drug-likeness (QED) is 0.630. The fraction of sp³-hybridized carbons (Fsp3) is 0.474. The Morgan fingerprint density at radius 1 is 1.29 bits per heavy atom. The number of anilines is 1. The number of benzene rings is 1. The summed E-state index contributed by atoms with van der Waals surface area (Å²) < 4.78 is 32.3. The lowest BCUT2D eigenvalue weighted by atomic mass is 10.1. The lowest BCUT2D eigenvalue weighted by Gasteiger charge is -2.23. The van der Waals surface area contributed by atoms with Gasteiger partial charge < -0.3 is 19.9 Å². The van der Waals surface area contributed by atoms with Gasteiger partial charge in [0.1, 0.15) is 0 Å². The number of amidine groups is 1. The first kappa shape index (κ1) is 23.1. The topological polar surface area (TPSA) is 125 Å². The molecule has 0 aromatic heterocycles. The van der Waals surface area contributed by atoms with E-state index in [1.165, 1.54) is 11.9 Å². The van der Waals surface area contributed by atoms with Gasteiger partial charge in [-0.05, 0) is 50.7 Å². The molecule has 1 aromatic rings. The van der Waals surface area contributed by atoms with Crippen LogP contribution in [-0.4, -0.2) is 74.3 Å². The number of amides is 2. The van der Waals surface area contributed by atoms with E-state index in [1.807, 2.05) is 20.8 Å². The predicted molar refractivity (Wildman–Crippen MR) is 117 cm³/mol. The molecular formula is C19H24N4O6S2. The van der Waals surface area contributed by atoms with Gasteiger partial charge in [0.15, 0.2) is 11.8 Å². The molecule has 2 aliphatic heterocycles. The molecule has 0 bridgehead atoms. The zero-order chi connectivity index (χ0) is 23.0. The summed E-state index contributed by atoms with van der Waals surface area (Å²) in [7, 11) is -2.01. The molecule has 10 nitrogen and oxygen atoms in total. The van der Waals surface area contributed by atoms with Gasteiger partial charge in [-0.2, -0.15) is 0 Å². The summed E-state index contributed by atoms with van der Waals surface area (Å²) >= 11 is 1.16. The van der Waals surface area contributed by atoms with Crippen molar-refractivity contribution in [3.8, 4) is 0 Å². The van der Waals surface area contributed by atoms with Crippen LogP contribution in [0.3, 0.4) is 0 Å². The monoisotopic (exact) mass is 468 g/mol. The number of hydrogen-bond acceptors (Lipinski definition) is 8. The van der Waals surface area contributed by atoms with Crippen LogP contribution >= 0.6 is 11.8 Å². The molecule has 2 aliphatic rings. The van der Waals surface area contributed by atoms with Crippen LogP contribution in [0, 0.1) is 0 Å². The summed E-state index contributed by atoms with van der Waals surface area (Å²) in [6.07, 6.45) is 0. The van der Waals surface area contributed by atoms with Crippen LogP contribution in [0.4, 0.5) is 5.69 Å². The minimum Gasteiger partial charge on any atom is -0.452 e. The third-order valence-electron chi connectivity index (χ3n) is 4.36. The first-order chi connectivity index (χ1) is 14.3. The molecule has 0 atom stereocenters. The molecule has 3 rings (SSSR count). The van der Waals surface area contributed by atoms with E-state index in [0.717, 1.165) is 17.4 Å². The fourth-order valence-electron chi connectivity index (χ4n) is 2.94. The van der Waals surface area contributed by atoms with E-state index in [0.29, 0.717) is 16.6 Å². The van der Waals surface area contributed by atoms with Gasteiger partial charge in [0.2, 0.25) is 5.91 Å². The Balaban J connectivity index is 1.58. The average Bonchev–Trinajstić information content (AvgIpc) is 2.99. The first-order valence-corrected chi connectivity index (χ1v) is 11.9. The molecule has 0 unspecified atom stereocenters. The Kier molecular flexibility index (Phi) is 6.33. The van der Waals surface area contributed by atoms with Gasteiger partial charge in [-0.25, -0.2) is 13.2 Å². The largest absolute Gasteiger partial charge is 0.452 e. The van der Waals surface area contributed by atoms with Crippen molar-refractivity contribution in [2.75, 3.05) is 37.4 Å². The number of carbonyl (C=O) groups is 3. The number of fused-ring (bicyclic) bond motifs is 3. The van der Waals surface area contributed by atoms with Gasteiger partial charge in [-0.3, -0.25) is 9.59 Å². The second kappa shape index (κ2) is 8.50. The summed E-state index contributed by atoms with van der Waals surface area (Å²) in [5.41, 5.74) is 0.592. The van der Waals surface area contributed by atoms with Gasteiger partial charge in [-0.15, -0.1) is 4.40 Å². The zero-order valence-electron chi connectivity index (χ0n) is 17.7. The highest BCUT2D eigenvalue weighted by atomic mass is 32.2. The van der Waals surface area contributed by atoms with E-state index in [9.17, 15) is 22.8 Å². The van der Waals surface area contributed by atoms with E-state index in [4.69, 9.17) is 4.74 Å². The van der Waals surface area contributed by atoms with Crippen molar-refractivity contribution in [1.82, 2.24) is 10.2 Å². The van der Waals surface area contributed by atoms with E-state index < -0.39 is 34.0 Å². The third kappa shape index (κ3) is 5.76. The van der Waals surface area contributed by atoms with Crippen LogP contribution in [-0.2, 0) is 24.3 Å².